The highest BCUT2D eigenvalue weighted by Gasteiger charge is 2.55. The van der Waals surface area contributed by atoms with Gasteiger partial charge in [-0.05, 0) is 48.7 Å². The normalized spacial score (nSPS) is 14.3. The third-order valence-electron chi connectivity index (χ3n) is 8.47. The van der Waals surface area contributed by atoms with E-state index in [0.717, 1.165) is 0 Å². The predicted molar refractivity (Wildman–Crippen MR) is 180 cm³/mol. The first-order valence-electron chi connectivity index (χ1n) is 15.5. The van der Waals surface area contributed by atoms with Crippen LogP contribution >= 0.6 is 11.6 Å². The van der Waals surface area contributed by atoms with Gasteiger partial charge in [0.05, 0.1) is 58.0 Å². The summed E-state index contributed by atoms with van der Waals surface area (Å²) < 4.78 is 129. The van der Waals surface area contributed by atoms with Crippen molar-refractivity contribution in [3.8, 4) is 40.1 Å². The van der Waals surface area contributed by atoms with E-state index in [1.165, 1.54) is 50.7 Å². The number of nitrogens with one attached hydrogen (secondary N) is 2. The van der Waals surface area contributed by atoms with Crippen molar-refractivity contribution < 1.29 is 63.6 Å². The van der Waals surface area contributed by atoms with Crippen LogP contribution in [0.25, 0.3) is 32.9 Å². The van der Waals surface area contributed by atoms with Crippen molar-refractivity contribution in [3.05, 3.63) is 70.9 Å². The summed E-state index contributed by atoms with van der Waals surface area (Å²) >= 11 is 6.59. The second-order valence-electron chi connectivity index (χ2n) is 12.1. The van der Waals surface area contributed by atoms with Gasteiger partial charge < -0.3 is 29.0 Å². The number of hydrogen-bond acceptors (Lipinski definition) is 9. The Morgan fingerprint density at radius 1 is 0.962 bits per heavy atom. The fourth-order valence-electron chi connectivity index (χ4n) is 6.12. The number of aromatic hydroxyl groups is 1. The molecule has 282 valence electrons. The van der Waals surface area contributed by atoms with Gasteiger partial charge >= 0.3 is 12.4 Å². The van der Waals surface area contributed by atoms with Crippen molar-refractivity contribution in [3.63, 3.8) is 0 Å². The highest BCUT2D eigenvalue weighted by Crippen LogP contribution is 2.55. The number of sulfonamides is 1. The summed E-state index contributed by atoms with van der Waals surface area (Å²) in [5.74, 6) is -2.94. The van der Waals surface area contributed by atoms with E-state index in [-0.39, 0.29) is 43.5 Å². The van der Waals surface area contributed by atoms with Crippen molar-refractivity contribution in [1.29, 1.82) is 0 Å². The third-order valence-corrected chi connectivity index (χ3v) is 9.99. The lowest BCUT2D eigenvalue weighted by molar-refractivity contribution is -0.154. The Kier molecular flexibility index (Phi) is 9.74. The SMILES string of the molecule is COc1cccc(OC)c1C1(C(=O)NS(=O)(=O)Cc2ccc(-c3[nH]c(OCC(F)(F)F)c4c3c(O)c(OCC(F)(F)F)c3cccnc34)c(Cl)c2)CC1. The van der Waals surface area contributed by atoms with Crippen LogP contribution in [-0.4, -0.2) is 69.2 Å². The fourth-order valence-corrected chi connectivity index (χ4v) is 7.58. The molecular weight excluding hydrogens is 760 g/mol. The number of aromatic amines is 1. The Morgan fingerprint density at radius 3 is 2.19 bits per heavy atom. The quantitative estimate of drug-likeness (QED) is 0.111. The first-order chi connectivity index (χ1) is 24.9. The second kappa shape index (κ2) is 13.7. The summed E-state index contributed by atoms with van der Waals surface area (Å²) in [6.07, 6.45) is -7.75. The summed E-state index contributed by atoms with van der Waals surface area (Å²) in [6.45, 7) is -3.61. The molecule has 5 aromatic rings. The molecule has 0 unspecified atom stereocenters. The van der Waals surface area contributed by atoms with Crippen LogP contribution in [0.1, 0.15) is 24.0 Å². The molecule has 2 aromatic heterocycles. The molecule has 0 saturated heterocycles. The number of methoxy groups -OCH3 is 2. The van der Waals surface area contributed by atoms with Gasteiger partial charge in [-0.1, -0.05) is 29.8 Å². The molecule has 2 heterocycles. The first-order valence-corrected chi connectivity index (χ1v) is 17.5. The monoisotopic (exact) mass is 787 g/mol. The van der Waals surface area contributed by atoms with Gasteiger partial charge in [0.1, 0.15) is 11.5 Å². The number of fused-ring (bicyclic) bond motifs is 3. The number of pyridine rings is 1. The molecule has 6 rings (SSSR count). The number of rotatable bonds is 12. The summed E-state index contributed by atoms with van der Waals surface area (Å²) in [5, 5.41) is 10.4. The number of nitrogens with zero attached hydrogens (tertiary/aromatic N) is 1. The molecule has 1 amide bonds. The van der Waals surface area contributed by atoms with E-state index < -0.39 is 70.0 Å². The Bertz CT molecular complexity index is 2320. The van der Waals surface area contributed by atoms with Gasteiger partial charge in [-0.25, -0.2) is 8.42 Å². The topological polar surface area (TPSA) is 149 Å². The third kappa shape index (κ3) is 7.55. The molecule has 11 nitrogen and oxygen atoms in total. The van der Waals surface area contributed by atoms with E-state index in [0.29, 0.717) is 29.9 Å². The smallest absolute Gasteiger partial charge is 0.422 e. The van der Waals surface area contributed by atoms with Gasteiger partial charge in [0.2, 0.25) is 21.8 Å². The van der Waals surface area contributed by atoms with Gasteiger partial charge in [0, 0.05) is 17.1 Å². The van der Waals surface area contributed by atoms with Crippen molar-refractivity contribution in [2.75, 3.05) is 27.4 Å². The summed E-state index contributed by atoms with van der Waals surface area (Å²) in [4.78, 5) is 20.2. The Balaban J connectivity index is 1.37. The van der Waals surface area contributed by atoms with Gasteiger partial charge in [-0.2, -0.15) is 26.3 Å². The number of alkyl halides is 6. The van der Waals surface area contributed by atoms with E-state index in [1.54, 1.807) is 18.2 Å². The van der Waals surface area contributed by atoms with Crippen molar-refractivity contribution >= 4 is 49.2 Å². The van der Waals surface area contributed by atoms with Crippen LogP contribution in [0.15, 0.2) is 54.7 Å². The fraction of sp³-hybridized carbons (Fsp3) is 0.294. The zero-order valence-corrected chi connectivity index (χ0v) is 29.1. The lowest BCUT2D eigenvalue weighted by Crippen LogP contribution is -2.39. The number of halogens is 7. The number of amides is 1. The average molecular weight is 788 g/mol. The molecule has 1 aliphatic carbocycles. The summed E-state index contributed by atoms with van der Waals surface area (Å²) in [7, 11) is -1.54. The van der Waals surface area contributed by atoms with Crippen LogP contribution in [0.2, 0.25) is 5.02 Å². The molecule has 0 bridgehead atoms. The van der Waals surface area contributed by atoms with Crippen LogP contribution in [0.3, 0.4) is 0 Å². The number of phenols is 1. The highest BCUT2D eigenvalue weighted by molar-refractivity contribution is 7.89. The van der Waals surface area contributed by atoms with Crippen molar-refractivity contribution in [1.82, 2.24) is 14.7 Å². The second-order valence-corrected chi connectivity index (χ2v) is 14.2. The van der Waals surface area contributed by atoms with E-state index in [2.05, 4.69) is 14.7 Å². The minimum Gasteiger partial charge on any atom is -0.504 e. The molecule has 19 heteroatoms. The van der Waals surface area contributed by atoms with E-state index in [4.69, 9.17) is 30.5 Å². The highest BCUT2D eigenvalue weighted by atomic mass is 35.5. The predicted octanol–water partition coefficient (Wildman–Crippen LogP) is 7.32. The number of ether oxygens (including phenoxy) is 4. The van der Waals surface area contributed by atoms with Gasteiger partial charge in [-0.3, -0.25) is 14.5 Å². The lowest BCUT2D eigenvalue weighted by Gasteiger charge is -2.21. The number of hydrogen-bond donors (Lipinski definition) is 3. The minimum atomic E-state index is -4.82. The Hall–Kier alpha value is -5.10. The maximum absolute atomic E-state index is 13.5. The van der Waals surface area contributed by atoms with Gasteiger partial charge in [0.25, 0.3) is 0 Å². The van der Waals surface area contributed by atoms with Crippen LogP contribution in [0.5, 0.6) is 28.9 Å². The maximum atomic E-state index is 13.5. The molecular formula is C34H28ClF6N3O8S. The number of phenolic OH excluding ortho intramolecular Hbond substituents is 1. The standard InChI is InChI=1S/C34H28ClF6N3O8S/c1-49-21-6-3-7-22(50-2)25(21)32(10-11-32)31(46)44-53(47,48)14-17-8-9-18(20(35)13-17)27-23-24(30(43-27)52-16-34(39,40)41)26-19(5-4-12-42-26)29(28(23)45)51-15-33(36,37)38/h3-9,12-13,43,45H,10-11,14-16H2,1-2H3,(H,44,46). The molecule has 0 spiro atoms. The zero-order valence-electron chi connectivity index (χ0n) is 27.5. The van der Waals surface area contributed by atoms with Crippen LogP contribution < -0.4 is 23.7 Å². The molecule has 1 saturated carbocycles. The van der Waals surface area contributed by atoms with Crippen LogP contribution in [0, 0.1) is 0 Å². The molecule has 53 heavy (non-hydrogen) atoms. The molecule has 0 atom stereocenters. The van der Waals surface area contributed by atoms with E-state index >= 15 is 0 Å². The average Bonchev–Trinajstić information content (AvgIpc) is 3.80. The summed E-state index contributed by atoms with van der Waals surface area (Å²) in [6, 6.07) is 11.3. The number of carbonyl (C=O) groups excluding carboxylic acids is 1. The molecule has 3 N–H and O–H groups in total. The minimum absolute atomic E-state index is 0.0173. The largest absolute Gasteiger partial charge is 0.504 e. The van der Waals surface area contributed by atoms with Crippen LogP contribution in [0.4, 0.5) is 26.3 Å². The Morgan fingerprint density at radius 2 is 1.60 bits per heavy atom. The van der Waals surface area contributed by atoms with Gasteiger partial charge in [0.15, 0.2) is 24.7 Å². The van der Waals surface area contributed by atoms with Crippen LogP contribution in [-0.2, 0) is 26.0 Å². The number of aromatic nitrogens is 2. The molecule has 1 fully saturated rings. The van der Waals surface area contributed by atoms with Gasteiger partial charge in [-0.15, -0.1) is 0 Å². The molecule has 0 radical (unpaired) electrons. The number of carbonyl (C=O) groups is 1. The van der Waals surface area contributed by atoms with E-state index in [1.807, 2.05) is 0 Å². The first kappa shape index (κ1) is 37.7. The van der Waals surface area contributed by atoms with Crippen molar-refractivity contribution in [2.45, 2.75) is 36.4 Å². The molecule has 3 aromatic carbocycles. The maximum Gasteiger partial charge on any atom is 0.422 e. The zero-order chi connectivity index (χ0) is 38.5. The van der Waals surface area contributed by atoms with Crippen molar-refractivity contribution in [2.24, 2.45) is 0 Å². The number of H-pyrrole nitrogens is 1. The number of benzene rings is 3. The molecule has 1 aliphatic rings. The Labute approximate surface area is 301 Å². The lowest BCUT2D eigenvalue weighted by atomic mass is 9.93. The summed E-state index contributed by atoms with van der Waals surface area (Å²) in [5.41, 5.74) is -1.12. The molecule has 0 aliphatic heterocycles. The van der Waals surface area contributed by atoms with E-state index in [9.17, 15) is 44.7 Å².